The average Bonchev–Trinajstić information content (AvgIpc) is 2.29. The molecular formula is C12H19FN2O2S. The monoisotopic (exact) mass is 274 g/mol. The summed E-state index contributed by atoms with van der Waals surface area (Å²) in [5.41, 5.74) is 0.827. The van der Waals surface area contributed by atoms with E-state index in [1.807, 2.05) is 7.05 Å². The smallest absolute Gasteiger partial charge is 0.232 e. The molecule has 0 heterocycles. The minimum Gasteiger partial charge on any atom is -0.320 e. The van der Waals surface area contributed by atoms with Gasteiger partial charge in [0.05, 0.1) is 11.4 Å². The summed E-state index contributed by atoms with van der Waals surface area (Å²) in [6.07, 6.45) is 1.32. The summed E-state index contributed by atoms with van der Waals surface area (Å²) >= 11 is 0. The molecule has 102 valence electrons. The van der Waals surface area contributed by atoms with Gasteiger partial charge in [-0.25, -0.2) is 12.8 Å². The Balaban J connectivity index is 2.62. The molecule has 0 atom stereocenters. The van der Waals surface area contributed by atoms with Crippen LogP contribution >= 0.6 is 0 Å². The topological polar surface area (TPSA) is 58.2 Å². The molecule has 0 spiro atoms. The van der Waals surface area contributed by atoms with Crippen LogP contribution in [0.3, 0.4) is 0 Å². The molecule has 4 nitrogen and oxygen atoms in total. The Labute approximate surface area is 108 Å². The number of benzene rings is 1. The number of unbranched alkanes of at least 4 members (excludes halogenated alkanes) is 1. The third kappa shape index (κ3) is 5.01. The zero-order chi connectivity index (χ0) is 13.6. The van der Waals surface area contributed by atoms with Crippen LogP contribution in [0.5, 0.6) is 0 Å². The van der Waals surface area contributed by atoms with Crippen molar-refractivity contribution >= 4 is 15.7 Å². The summed E-state index contributed by atoms with van der Waals surface area (Å²) < 4.78 is 39.1. The highest BCUT2D eigenvalue weighted by Gasteiger charge is 2.12. The zero-order valence-corrected chi connectivity index (χ0v) is 11.5. The van der Waals surface area contributed by atoms with Crippen molar-refractivity contribution in [2.24, 2.45) is 0 Å². The van der Waals surface area contributed by atoms with Crippen LogP contribution in [0.1, 0.15) is 18.4 Å². The average molecular weight is 274 g/mol. The summed E-state index contributed by atoms with van der Waals surface area (Å²) in [5.74, 6) is -0.554. The van der Waals surface area contributed by atoms with Crippen molar-refractivity contribution in [3.63, 3.8) is 0 Å². The van der Waals surface area contributed by atoms with E-state index in [1.165, 1.54) is 12.1 Å². The normalized spacial score (nSPS) is 11.5. The second-order valence-electron chi connectivity index (χ2n) is 4.21. The molecule has 1 rings (SSSR count). The first-order valence-corrected chi connectivity index (χ1v) is 7.51. The summed E-state index contributed by atoms with van der Waals surface area (Å²) in [4.78, 5) is 0. The molecule has 0 aliphatic rings. The Hall–Kier alpha value is -1.14. The van der Waals surface area contributed by atoms with Crippen molar-refractivity contribution in [1.82, 2.24) is 5.32 Å². The van der Waals surface area contributed by atoms with Gasteiger partial charge < -0.3 is 5.32 Å². The van der Waals surface area contributed by atoms with Crippen molar-refractivity contribution in [3.05, 3.63) is 29.6 Å². The lowest BCUT2D eigenvalue weighted by Crippen LogP contribution is -2.18. The van der Waals surface area contributed by atoms with Gasteiger partial charge in [-0.2, -0.15) is 0 Å². The van der Waals surface area contributed by atoms with Gasteiger partial charge in [0.1, 0.15) is 5.82 Å². The lowest BCUT2D eigenvalue weighted by atomic mass is 10.2. The molecule has 0 saturated carbocycles. The molecule has 0 saturated heterocycles. The van der Waals surface area contributed by atoms with E-state index >= 15 is 0 Å². The third-order valence-corrected chi connectivity index (χ3v) is 3.83. The zero-order valence-electron chi connectivity index (χ0n) is 10.7. The van der Waals surface area contributed by atoms with E-state index in [-0.39, 0.29) is 11.4 Å². The van der Waals surface area contributed by atoms with E-state index in [9.17, 15) is 12.8 Å². The van der Waals surface area contributed by atoms with Gasteiger partial charge in [0.15, 0.2) is 0 Å². The van der Waals surface area contributed by atoms with Crippen LogP contribution in [0.15, 0.2) is 18.2 Å². The number of hydrogen-bond acceptors (Lipinski definition) is 3. The van der Waals surface area contributed by atoms with E-state index < -0.39 is 15.8 Å². The fraction of sp³-hybridized carbons (Fsp3) is 0.500. The Bertz CT molecular complexity index is 489. The molecule has 2 N–H and O–H groups in total. The molecule has 0 bridgehead atoms. The second kappa shape index (κ2) is 6.70. The second-order valence-corrected chi connectivity index (χ2v) is 6.06. The van der Waals surface area contributed by atoms with Gasteiger partial charge >= 0.3 is 0 Å². The van der Waals surface area contributed by atoms with Crippen molar-refractivity contribution in [1.29, 1.82) is 0 Å². The minimum atomic E-state index is -3.47. The molecule has 0 aromatic heterocycles. The largest absolute Gasteiger partial charge is 0.320 e. The molecule has 0 fully saturated rings. The number of aryl methyl sites for hydroxylation is 1. The van der Waals surface area contributed by atoms with Crippen LogP contribution in [-0.2, 0) is 10.0 Å². The molecular weight excluding hydrogens is 255 g/mol. The number of nitrogens with one attached hydrogen (secondary N) is 2. The maximum Gasteiger partial charge on any atom is 0.232 e. The SMILES string of the molecule is CNCCCCS(=O)(=O)Nc1cc(C)ccc1F. The summed E-state index contributed by atoms with van der Waals surface area (Å²) in [6, 6.07) is 4.34. The number of anilines is 1. The van der Waals surface area contributed by atoms with Crippen LogP contribution in [-0.4, -0.2) is 27.8 Å². The van der Waals surface area contributed by atoms with E-state index in [2.05, 4.69) is 10.0 Å². The Kier molecular flexibility index (Phi) is 5.55. The molecule has 0 amide bonds. The highest BCUT2D eigenvalue weighted by molar-refractivity contribution is 7.92. The van der Waals surface area contributed by atoms with Crippen LogP contribution < -0.4 is 10.0 Å². The first kappa shape index (κ1) is 14.9. The van der Waals surface area contributed by atoms with E-state index in [0.717, 1.165) is 18.5 Å². The maximum absolute atomic E-state index is 13.4. The number of hydrogen-bond donors (Lipinski definition) is 2. The lowest BCUT2D eigenvalue weighted by molar-refractivity contribution is 0.593. The van der Waals surface area contributed by atoms with Gasteiger partial charge in [0, 0.05) is 0 Å². The Morgan fingerprint density at radius 2 is 2.00 bits per heavy atom. The van der Waals surface area contributed by atoms with Gasteiger partial charge in [-0.15, -0.1) is 0 Å². The molecule has 1 aromatic carbocycles. The number of sulfonamides is 1. The van der Waals surface area contributed by atoms with Crippen LogP contribution in [0.25, 0.3) is 0 Å². The first-order chi connectivity index (χ1) is 8.44. The Morgan fingerprint density at radius 1 is 1.28 bits per heavy atom. The van der Waals surface area contributed by atoms with Crippen molar-refractivity contribution in [2.75, 3.05) is 24.1 Å². The molecule has 0 aliphatic heterocycles. The van der Waals surface area contributed by atoms with Crippen LogP contribution in [0.2, 0.25) is 0 Å². The Morgan fingerprint density at radius 3 is 2.67 bits per heavy atom. The van der Waals surface area contributed by atoms with Gasteiger partial charge in [-0.3, -0.25) is 4.72 Å². The van der Waals surface area contributed by atoms with Gasteiger partial charge in [0.25, 0.3) is 0 Å². The first-order valence-electron chi connectivity index (χ1n) is 5.86. The summed E-state index contributed by atoms with van der Waals surface area (Å²) in [5, 5.41) is 2.94. The van der Waals surface area contributed by atoms with E-state index in [4.69, 9.17) is 0 Å². The summed E-state index contributed by atoms with van der Waals surface area (Å²) in [6.45, 7) is 2.55. The third-order valence-electron chi connectivity index (χ3n) is 2.48. The number of halogens is 1. The van der Waals surface area contributed by atoms with Crippen molar-refractivity contribution < 1.29 is 12.8 Å². The minimum absolute atomic E-state index is 0.00205. The molecule has 18 heavy (non-hydrogen) atoms. The standard InChI is InChI=1S/C12H19FN2O2S/c1-10-5-6-11(13)12(9-10)15-18(16,17)8-4-3-7-14-2/h5-6,9,14-15H,3-4,7-8H2,1-2H3. The quantitative estimate of drug-likeness (QED) is 0.746. The van der Waals surface area contributed by atoms with E-state index in [0.29, 0.717) is 6.42 Å². The number of rotatable bonds is 7. The fourth-order valence-electron chi connectivity index (χ4n) is 1.53. The van der Waals surface area contributed by atoms with E-state index in [1.54, 1.807) is 13.0 Å². The molecule has 0 aliphatic carbocycles. The van der Waals surface area contributed by atoms with Crippen LogP contribution in [0, 0.1) is 12.7 Å². The fourth-order valence-corrected chi connectivity index (χ4v) is 2.71. The lowest BCUT2D eigenvalue weighted by Gasteiger charge is -2.09. The molecule has 0 unspecified atom stereocenters. The molecule has 1 aromatic rings. The molecule has 0 radical (unpaired) electrons. The highest BCUT2D eigenvalue weighted by atomic mass is 32.2. The molecule has 6 heteroatoms. The predicted molar refractivity (Wildman–Crippen MR) is 71.7 cm³/mol. The van der Waals surface area contributed by atoms with Gasteiger partial charge in [-0.05, 0) is 51.1 Å². The van der Waals surface area contributed by atoms with Crippen molar-refractivity contribution in [2.45, 2.75) is 19.8 Å². The van der Waals surface area contributed by atoms with Crippen molar-refractivity contribution in [3.8, 4) is 0 Å². The maximum atomic E-state index is 13.4. The predicted octanol–water partition coefficient (Wildman–Crippen LogP) is 1.88. The van der Waals surface area contributed by atoms with Crippen LogP contribution in [0.4, 0.5) is 10.1 Å². The van der Waals surface area contributed by atoms with Gasteiger partial charge in [0.2, 0.25) is 10.0 Å². The van der Waals surface area contributed by atoms with Gasteiger partial charge in [-0.1, -0.05) is 6.07 Å². The highest BCUT2D eigenvalue weighted by Crippen LogP contribution is 2.17. The summed E-state index contributed by atoms with van der Waals surface area (Å²) in [7, 11) is -1.66.